The summed E-state index contributed by atoms with van der Waals surface area (Å²) < 4.78 is 7.97. The third-order valence-electron chi connectivity index (χ3n) is 6.25. The standard InChI is InChI=1S/C25H25BrClN7O2/c1-36-22-5-4-18(27)11-21(22)32-25(35)33-9-6-17(7-10-33)20-12-23(29-14-16-3-2-8-28-13-16)34-24(31-20)19(26)15-30-34/h2-5,8,11-13,15,17,29H,6-7,9-10,14H2,1H3,(H,32,35). The first-order valence-electron chi connectivity index (χ1n) is 11.6. The molecule has 1 saturated heterocycles. The van der Waals surface area contributed by atoms with Crippen LogP contribution in [0.1, 0.15) is 30.0 Å². The van der Waals surface area contributed by atoms with Crippen molar-refractivity contribution in [3.63, 3.8) is 0 Å². The largest absolute Gasteiger partial charge is 0.495 e. The van der Waals surface area contributed by atoms with Crippen molar-refractivity contribution >= 4 is 50.7 Å². The van der Waals surface area contributed by atoms with Crippen LogP contribution < -0.4 is 15.4 Å². The summed E-state index contributed by atoms with van der Waals surface area (Å²) in [5.74, 6) is 1.65. The Kier molecular flexibility index (Phi) is 7.24. The monoisotopic (exact) mass is 569 g/mol. The third-order valence-corrected chi connectivity index (χ3v) is 7.04. The molecule has 0 unspecified atom stereocenters. The molecular formula is C25H25BrClN7O2. The van der Waals surface area contributed by atoms with Crippen LogP contribution in [0.3, 0.4) is 0 Å². The van der Waals surface area contributed by atoms with Crippen molar-refractivity contribution in [2.24, 2.45) is 0 Å². The van der Waals surface area contributed by atoms with E-state index in [0.717, 1.165) is 40.0 Å². The lowest BCUT2D eigenvalue weighted by molar-refractivity contribution is 0.194. The number of benzene rings is 1. The first-order chi connectivity index (χ1) is 17.5. The predicted octanol–water partition coefficient (Wildman–Crippen LogP) is 5.57. The average molecular weight is 571 g/mol. The van der Waals surface area contributed by atoms with Gasteiger partial charge in [0.05, 0.1) is 23.5 Å². The number of urea groups is 1. The van der Waals surface area contributed by atoms with Crippen LogP contribution in [0, 0.1) is 0 Å². The Bertz CT molecular complexity index is 1370. The first kappa shape index (κ1) is 24.3. The average Bonchev–Trinajstić information content (AvgIpc) is 3.28. The molecule has 2 amide bonds. The van der Waals surface area contributed by atoms with Gasteiger partial charge in [0, 0.05) is 54.7 Å². The number of aromatic nitrogens is 4. The Morgan fingerprint density at radius 2 is 2.06 bits per heavy atom. The number of anilines is 2. The topological polar surface area (TPSA) is 96.7 Å². The van der Waals surface area contributed by atoms with Gasteiger partial charge in [0.25, 0.3) is 0 Å². The van der Waals surface area contributed by atoms with E-state index in [2.05, 4.69) is 42.7 Å². The van der Waals surface area contributed by atoms with Gasteiger partial charge in [-0.2, -0.15) is 9.61 Å². The molecule has 1 aliphatic heterocycles. The van der Waals surface area contributed by atoms with Gasteiger partial charge in [0.1, 0.15) is 11.6 Å². The van der Waals surface area contributed by atoms with Crippen molar-refractivity contribution < 1.29 is 9.53 Å². The number of piperidine rings is 1. The minimum atomic E-state index is -0.171. The second-order valence-electron chi connectivity index (χ2n) is 8.55. The molecule has 0 saturated carbocycles. The Morgan fingerprint density at radius 1 is 1.22 bits per heavy atom. The highest BCUT2D eigenvalue weighted by molar-refractivity contribution is 9.10. The highest BCUT2D eigenvalue weighted by atomic mass is 79.9. The van der Waals surface area contributed by atoms with Crippen molar-refractivity contribution in [1.82, 2.24) is 24.5 Å². The highest BCUT2D eigenvalue weighted by Crippen LogP contribution is 2.32. The van der Waals surface area contributed by atoms with E-state index in [1.54, 1.807) is 42.2 Å². The molecule has 2 N–H and O–H groups in total. The second-order valence-corrected chi connectivity index (χ2v) is 9.84. The van der Waals surface area contributed by atoms with E-state index >= 15 is 0 Å². The number of methoxy groups -OCH3 is 1. The van der Waals surface area contributed by atoms with Crippen LogP contribution in [0.4, 0.5) is 16.3 Å². The van der Waals surface area contributed by atoms with Gasteiger partial charge >= 0.3 is 6.03 Å². The molecule has 36 heavy (non-hydrogen) atoms. The highest BCUT2D eigenvalue weighted by Gasteiger charge is 2.26. The summed E-state index contributed by atoms with van der Waals surface area (Å²) >= 11 is 9.67. The van der Waals surface area contributed by atoms with Gasteiger partial charge in [-0.25, -0.2) is 9.78 Å². The van der Waals surface area contributed by atoms with E-state index in [-0.39, 0.29) is 11.9 Å². The number of carbonyl (C=O) groups is 1. The molecule has 186 valence electrons. The zero-order valence-corrected chi connectivity index (χ0v) is 22.0. The zero-order valence-electron chi connectivity index (χ0n) is 19.6. The van der Waals surface area contributed by atoms with Crippen LogP contribution in [0.5, 0.6) is 5.75 Å². The van der Waals surface area contributed by atoms with Crippen LogP contribution in [0.15, 0.2) is 59.5 Å². The third kappa shape index (κ3) is 5.24. The van der Waals surface area contributed by atoms with E-state index in [4.69, 9.17) is 21.3 Å². The number of fused-ring (bicyclic) bond motifs is 1. The van der Waals surface area contributed by atoms with Gasteiger partial charge in [-0.15, -0.1) is 0 Å². The van der Waals surface area contributed by atoms with Crippen molar-refractivity contribution in [1.29, 1.82) is 0 Å². The minimum absolute atomic E-state index is 0.171. The molecule has 11 heteroatoms. The summed E-state index contributed by atoms with van der Waals surface area (Å²) in [6.45, 7) is 1.85. The van der Waals surface area contributed by atoms with Crippen LogP contribution in [-0.2, 0) is 6.54 Å². The SMILES string of the molecule is COc1ccc(Cl)cc1NC(=O)N1CCC(c2cc(NCc3cccnc3)n3ncc(Br)c3n2)CC1. The minimum Gasteiger partial charge on any atom is -0.495 e. The van der Waals surface area contributed by atoms with Crippen LogP contribution in [0.25, 0.3) is 5.65 Å². The summed E-state index contributed by atoms with van der Waals surface area (Å²) in [5, 5.41) is 11.4. The maximum Gasteiger partial charge on any atom is 0.321 e. The van der Waals surface area contributed by atoms with Gasteiger partial charge in [-0.3, -0.25) is 4.98 Å². The van der Waals surface area contributed by atoms with Crippen molar-refractivity contribution in [2.45, 2.75) is 25.3 Å². The maximum atomic E-state index is 12.9. The summed E-state index contributed by atoms with van der Waals surface area (Å²) in [6, 6.07) is 11.0. The summed E-state index contributed by atoms with van der Waals surface area (Å²) in [7, 11) is 1.56. The molecule has 1 aromatic carbocycles. The van der Waals surface area contributed by atoms with E-state index in [9.17, 15) is 4.79 Å². The van der Waals surface area contributed by atoms with Gasteiger partial charge in [-0.1, -0.05) is 17.7 Å². The molecular weight excluding hydrogens is 546 g/mol. The quantitative estimate of drug-likeness (QED) is 0.315. The fourth-order valence-electron chi connectivity index (χ4n) is 4.34. The lowest BCUT2D eigenvalue weighted by Crippen LogP contribution is -2.40. The van der Waals surface area contributed by atoms with E-state index in [0.29, 0.717) is 36.1 Å². The molecule has 0 radical (unpaired) electrons. The smallest absolute Gasteiger partial charge is 0.321 e. The Labute approximate surface area is 222 Å². The first-order valence-corrected chi connectivity index (χ1v) is 12.8. The predicted molar refractivity (Wildman–Crippen MR) is 143 cm³/mol. The summed E-state index contributed by atoms with van der Waals surface area (Å²) in [6.07, 6.45) is 6.95. The van der Waals surface area contributed by atoms with Crippen LogP contribution in [-0.4, -0.2) is 50.7 Å². The lowest BCUT2D eigenvalue weighted by atomic mass is 9.93. The van der Waals surface area contributed by atoms with E-state index in [1.165, 1.54) is 0 Å². The van der Waals surface area contributed by atoms with Gasteiger partial charge in [0.15, 0.2) is 5.65 Å². The Morgan fingerprint density at radius 3 is 2.81 bits per heavy atom. The molecule has 1 fully saturated rings. The molecule has 9 nitrogen and oxygen atoms in total. The lowest BCUT2D eigenvalue weighted by Gasteiger charge is -2.32. The number of nitrogens with zero attached hydrogens (tertiary/aromatic N) is 5. The van der Waals surface area contributed by atoms with Gasteiger partial charge in [-0.05, 0) is 58.6 Å². The van der Waals surface area contributed by atoms with Crippen LogP contribution >= 0.6 is 27.5 Å². The molecule has 0 spiro atoms. The molecule has 4 heterocycles. The molecule has 0 bridgehead atoms. The Balaban J connectivity index is 1.28. The fraction of sp³-hybridized carbons (Fsp3) is 0.280. The zero-order chi connectivity index (χ0) is 25.1. The number of rotatable bonds is 6. The molecule has 3 aromatic heterocycles. The number of hydrogen-bond donors (Lipinski definition) is 2. The molecule has 0 atom stereocenters. The number of halogens is 2. The molecule has 0 aliphatic carbocycles. The number of likely N-dealkylation sites (tertiary alicyclic amines) is 1. The Hall–Kier alpha value is -3.37. The van der Waals surface area contributed by atoms with Crippen molar-refractivity contribution in [3.05, 3.63) is 75.7 Å². The normalized spacial score (nSPS) is 14.1. The fourth-order valence-corrected chi connectivity index (χ4v) is 4.86. The van der Waals surface area contributed by atoms with Crippen molar-refractivity contribution in [2.75, 3.05) is 30.8 Å². The number of hydrogen-bond acceptors (Lipinski definition) is 6. The molecule has 5 rings (SSSR count). The van der Waals surface area contributed by atoms with Crippen molar-refractivity contribution in [3.8, 4) is 5.75 Å². The number of amides is 2. The van der Waals surface area contributed by atoms with Crippen LogP contribution in [0.2, 0.25) is 5.02 Å². The number of nitrogens with one attached hydrogen (secondary N) is 2. The van der Waals surface area contributed by atoms with E-state index in [1.807, 2.05) is 23.2 Å². The molecule has 1 aliphatic rings. The number of carbonyl (C=O) groups excluding carboxylic acids is 1. The number of pyridine rings is 1. The second kappa shape index (κ2) is 10.7. The van der Waals surface area contributed by atoms with E-state index < -0.39 is 0 Å². The van der Waals surface area contributed by atoms with Gasteiger partial charge < -0.3 is 20.3 Å². The summed E-state index contributed by atoms with van der Waals surface area (Å²) in [5.41, 5.74) is 3.37. The summed E-state index contributed by atoms with van der Waals surface area (Å²) in [4.78, 5) is 23.8. The van der Waals surface area contributed by atoms with Gasteiger partial charge in [0.2, 0.25) is 0 Å². The molecule has 4 aromatic rings. The number of ether oxygens (including phenoxy) is 1. The maximum absolute atomic E-state index is 12.9.